The molecular formula is C11H13NO2. The summed E-state index contributed by atoms with van der Waals surface area (Å²) in [6.07, 6.45) is 6.58. The van der Waals surface area contributed by atoms with Crippen molar-refractivity contribution in [1.82, 2.24) is 0 Å². The summed E-state index contributed by atoms with van der Waals surface area (Å²) in [6.45, 7) is 0. The molecule has 0 aliphatic heterocycles. The summed E-state index contributed by atoms with van der Waals surface area (Å²) < 4.78 is 0. The van der Waals surface area contributed by atoms with Crippen LogP contribution in [0.4, 0.5) is 0 Å². The Kier molecular flexibility index (Phi) is 1.52. The maximum Gasteiger partial charge on any atom is 0.235 e. The smallest absolute Gasteiger partial charge is 0.235 e. The highest BCUT2D eigenvalue weighted by molar-refractivity contribution is 5.93. The van der Waals surface area contributed by atoms with Crippen LogP contribution in [0.1, 0.15) is 32.1 Å². The number of ketones is 1. The molecule has 0 saturated heterocycles. The van der Waals surface area contributed by atoms with Crippen LogP contribution in [0.3, 0.4) is 0 Å². The first-order valence-electron chi connectivity index (χ1n) is 5.37. The predicted molar refractivity (Wildman–Crippen MR) is 49.4 cm³/mol. The number of rotatable bonds is 1. The van der Waals surface area contributed by atoms with Crippen LogP contribution in [-0.4, -0.2) is 17.4 Å². The van der Waals surface area contributed by atoms with Crippen molar-refractivity contribution in [1.29, 1.82) is 0 Å². The standard InChI is InChI=1S/C11H13NO2/c13-6-12-11-4-7-1-8(5-11)3-9(2-7)10(11)14/h7-9H,1-5H2. The van der Waals surface area contributed by atoms with E-state index in [9.17, 15) is 9.59 Å². The fourth-order valence-corrected chi connectivity index (χ4v) is 3.97. The zero-order valence-corrected chi connectivity index (χ0v) is 8.03. The summed E-state index contributed by atoms with van der Waals surface area (Å²) in [5.41, 5.74) is -0.628. The molecule has 0 spiro atoms. The van der Waals surface area contributed by atoms with Gasteiger partial charge in [-0.2, -0.15) is 4.99 Å². The van der Waals surface area contributed by atoms with Crippen LogP contribution >= 0.6 is 0 Å². The lowest BCUT2D eigenvalue weighted by Crippen LogP contribution is -2.56. The number of isocyanates is 1. The lowest BCUT2D eigenvalue weighted by atomic mass is 9.52. The van der Waals surface area contributed by atoms with E-state index in [-0.39, 0.29) is 11.7 Å². The van der Waals surface area contributed by atoms with Crippen LogP contribution in [0.25, 0.3) is 0 Å². The Balaban J connectivity index is 2.05. The van der Waals surface area contributed by atoms with Crippen LogP contribution in [-0.2, 0) is 9.59 Å². The Morgan fingerprint density at radius 3 is 2.43 bits per heavy atom. The predicted octanol–water partition coefficient (Wildman–Crippen LogP) is 1.47. The average molecular weight is 191 g/mol. The van der Waals surface area contributed by atoms with E-state index < -0.39 is 5.54 Å². The van der Waals surface area contributed by atoms with Gasteiger partial charge in [0.25, 0.3) is 0 Å². The zero-order valence-electron chi connectivity index (χ0n) is 8.03. The molecule has 0 radical (unpaired) electrons. The molecule has 4 aliphatic rings. The Morgan fingerprint density at radius 1 is 1.21 bits per heavy atom. The van der Waals surface area contributed by atoms with E-state index in [0.717, 1.165) is 25.7 Å². The van der Waals surface area contributed by atoms with Gasteiger partial charge in [0, 0.05) is 5.92 Å². The van der Waals surface area contributed by atoms with E-state index in [1.165, 1.54) is 6.42 Å². The molecule has 4 saturated carbocycles. The number of carbonyl (C=O) groups is 1. The van der Waals surface area contributed by atoms with E-state index >= 15 is 0 Å². The average Bonchev–Trinajstić information content (AvgIpc) is 2.13. The normalized spacial score (nSPS) is 49.1. The third-order valence-corrected chi connectivity index (χ3v) is 4.24. The molecule has 4 bridgehead atoms. The van der Waals surface area contributed by atoms with Crippen LogP contribution in [0.15, 0.2) is 4.99 Å². The van der Waals surface area contributed by atoms with Crippen molar-refractivity contribution in [3.8, 4) is 0 Å². The van der Waals surface area contributed by atoms with Crippen molar-refractivity contribution in [2.75, 3.05) is 0 Å². The Morgan fingerprint density at radius 2 is 1.86 bits per heavy atom. The molecule has 3 nitrogen and oxygen atoms in total. The maximum atomic E-state index is 12.0. The minimum atomic E-state index is -0.628. The molecule has 4 rings (SSSR count). The van der Waals surface area contributed by atoms with Crippen LogP contribution in [0.5, 0.6) is 0 Å². The Hall–Kier alpha value is -0.950. The lowest BCUT2D eigenvalue weighted by molar-refractivity contribution is -0.142. The molecule has 0 aromatic heterocycles. The minimum absolute atomic E-state index is 0.207. The molecule has 0 aromatic carbocycles. The number of Topliss-reactive ketones (excluding diaryl/α,β-unsaturated/α-hetero) is 1. The van der Waals surface area contributed by atoms with Gasteiger partial charge in [0.2, 0.25) is 6.08 Å². The first-order valence-corrected chi connectivity index (χ1v) is 5.37. The van der Waals surface area contributed by atoms with Gasteiger partial charge in [-0.25, -0.2) is 4.79 Å². The zero-order chi connectivity index (χ0) is 9.76. The quantitative estimate of drug-likeness (QED) is 0.465. The van der Waals surface area contributed by atoms with Gasteiger partial charge in [-0.3, -0.25) is 4.79 Å². The van der Waals surface area contributed by atoms with Gasteiger partial charge in [0.05, 0.1) is 0 Å². The van der Waals surface area contributed by atoms with Gasteiger partial charge in [-0.05, 0) is 43.9 Å². The number of hydrogen-bond donors (Lipinski definition) is 0. The minimum Gasteiger partial charge on any atom is -0.297 e. The van der Waals surface area contributed by atoms with Crippen LogP contribution in [0, 0.1) is 17.8 Å². The van der Waals surface area contributed by atoms with Crippen molar-refractivity contribution in [3.05, 3.63) is 0 Å². The fourth-order valence-electron chi connectivity index (χ4n) is 3.97. The molecular weight excluding hydrogens is 178 g/mol. The van der Waals surface area contributed by atoms with E-state index in [1.807, 2.05) is 0 Å². The van der Waals surface area contributed by atoms with Crippen molar-refractivity contribution >= 4 is 11.9 Å². The summed E-state index contributed by atoms with van der Waals surface area (Å²) in [6, 6.07) is 0. The highest BCUT2D eigenvalue weighted by Crippen LogP contribution is 2.55. The molecule has 0 amide bonds. The SMILES string of the molecule is O=C=NC12CC3CC(CC(C3)C1=O)C2. The molecule has 14 heavy (non-hydrogen) atoms. The van der Waals surface area contributed by atoms with E-state index in [4.69, 9.17) is 0 Å². The van der Waals surface area contributed by atoms with Gasteiger partial charge in [0.15, 0.2) is 5.78 Å². The number of aliphatic imine (C=N–C) groups is 1. The molecule has 0 heterocycles. The van der Waals surface area contributed by atoms with E-state index in [2.05, 4.69) is 4.99 Å². The van der Waals surface area contributed by atoms with Gasteiger partial charge in [-0.1, -0.05) is 0 Å². The molecule has 2 unspecified atom stereocenters. The van der Waals surface area contributed by atoms with Crippen LogP contribution < -0.4 is 0 Å². The molecule has 4 fully saturated rings. The second kappa shape index (κ2) is 2.54. The van der Waals surface area contributed by atoms with E-state index in [1.54, 1.807) is 6.08 Å². The molecule has 0 aromatic rings. The van der Waals surface area contributed by atoms with Gasteiger partial charge in [-0.15, -0.1) is 0 Å². The summed E-state index contributed by atoms with van der Waals surface area (Å²) in [5.74, 6) is 1.72. The maximum absolute atomic E-state index is 12.0. The first kappa shape index (κ1) is 8.37. The second-order valence-electron chi connectivity index (χ2n) is 5.14. The number of hydrogen-bond acceptors (Lipinski definition) is 3. The summed E-state index contributed by atoms with van der Waals surface area (Å²) in [4.78, 5) is 26.2. The Labute approximate surface area is 82.6 Å². The third-order valence-electron chi connectivity index (χ3n) is 4.24. The lowest BCUT2D eigenvalue weighted by Gasteiger charge is -2.52. The molecule has 74 valence electrons. The molecule has 0 N–H and O–H groups in total. The summed E-state index contributed by atoms with van der Waals surface area (Å²) in [5, 5.41) is 0. The second-order valence-corrected chi connectivity index (χ2v) is 5.14. The molecule has 3 heteroatoms. The van der Waals surface area contributed by atoms with Crippen LogP contribution in [0.2, 0.25) is 0 Å². The first-order chi connectivity index (χ1) is 6.73. The molecule has 2 atom stereocenters. The van der Waals surface area contributed by atoms with Crippen molar-refractivity contribution < 1.29 is 9.59 Å². The third kappa shape index (κ3) is 0.908. The van der Waals surface area contributed by atoms with Gasteiger partial charge >= 0.3 is 0 Å². The summed E-state index contributed by atoms with van der Waals surface area (Å²) in [7, 11) is 0. The number of nitrogens with zero attached hydrogens (tertiary/aromatic N) is 1. The van der Waals surface area contributed by atoms with Crippen molar-refractivity contribution in [3.63, 3.8) is 0 Å². The van der Waals surface area contributed by atoms with Gasteiger partial charge < -0.3 is 0 Å². The highest BCUT2D eigenvalue weighted by Gasteiger charge is 2.57. The summed E-state index contributed by atoms with van der Waals surface area (Å²) >= 11 is 0. The molecule has 4 aliphatic carbocycles. The monoisotopic (exact) mass is 191 g/mol. The van der Waals surface area contributed by atoms with Crippen molar-refractivity contribution in [2.45, 2.75) is 37.6 Å². The largest absolute Gasteiger partial charge is 0.297 e. The topological polar surface area (TPSA) is 46.5 Å². The highest BCUT2D eigenvalue weighted by atomic mass is 16.1. The number of carbonyl (C=O) groups excluding carboxylic acids is 2. The Bertz CT molecular complexity index is 329. The van der Waals surface area contributed by atoms with E-state index in [0.29, 0.717) is 11.8 Å². The van der Waals surface area contributed by atoms with Crippen molar-refractivity contribution in [2.24, 2.45) is 22.7 Å². The van der Waals surface area contributed by atoms with Gasteiger partial charge in [0.1, 0.15) is 5.54 Å². The fraction of sp³-hybridized carbons (Fsp3) is 0.818.